The van der Waals surface area contributed by atoms with Crippen LogP contribution in [0.15, 0.2) is 41.8 Å². The molecular weight excluding hydrogens is 378 g/mol. The number of nitrogens with zero attached hydrogens (tertiary/aromatic N) is 1. The third kappa shape index (κ3) is 4.83. The van der Waals surface area contributed by atoms with E-state index in [-0.39, 0.29) is 36.6 Å². The van der Waals surface area contributed by atoms with E-state index in [1.807, 2.05) is 17.5 Å². The Labute approximate surface area is 166 Å². The largest absolute Gasteiger partial charge is 0.354 e. The van der Waals surface area contributed by atoms with Crippen molar-refractivity contribution in [3.05, 3.63) is 57.8 Å². The van der Waals surface area contributed by atoms with Crippen molar-refractivity contribution in [1.82, 2.24) is 15.5 Å². The summed E-state index contributed by atoms with van der Waals surface area (Å²) in [5.41, 5.74) is 0.825. The molecule has 146 valence electrons. The molecule has 1 aliphatic heterocycles. The average molecular weight is 399 g/mol. The molecule has 0 aliphatic carbocycles. The van der Waals surface area contributed by atoms with E-state index in [2.05, 4.69) is 10.6 Å². The Morgan fingerprint density at radius 1 is 0.893 bits per heavy atom. The molecular formula is C20H21N3O4S. The molecule has 0 bridgehead atoms. The van der Waals surface area contributed by atoms with Crippen LogP contribution in [0.1, 0.15) is 38.4 Å². The molecule has 2 aromatic rings. The van der Waals surface area contributed by atoms with E-state index in [4.69, 9.17) is 0 Å². The number of thiophene rings is 1. The average Bonchev–Trinajstić information content (AvgIpc) is 3.28. The van der Waals surface area contributed by atoms with Crippen molar-refractivity contribution in [2.45, 2.75) is 19.3 Å². The molecule has 8 heteroatoms. The van der Waals surface area contributed by atoms with Crippen molar-refractivity contribution in [2.75, 3.05) is 19.6 Å². The molecule has 4 amide bonds. The second-order valence-electron chi connectivity index (χ2n) is 6.37. The molecule has 0 fully saturated rings. The monoisotopic (exact) mass is 399 g/mol. The highest BCUT2D eigenvalue weighted by Gasteiger charge is 2.34. The molecule has 0 unspecified atom stereocenters. The van der Waals surface area contributed by atoms with Crippen LogP contribution in [0.2, 0.25) is 0 Å². The van der Waals surface area contributed by atoms with E-state index < -0.39 is 0 Å². The Balaban J connectivity index is 1.30. The van der Waals surface area contributed by atoms with Crippen molar-refractivity contribution >= 4 is 35.0 Å². The van der Waals surface area contributed by atoms with E-state index in [9.17, 15) is 19.2 Å². The summed E-state index contributed by atoms with van der Waals surface area (Å²) in [7, 11) is 0. The standard InChI is InChI=1S/C20H21N3O4S/c24-17(21-9-10-22-18(25)13-14-5-4-12-28-14)8-3-11-23-19(26)15-6-1-2-7-16(15)20(23)27/h1-2,4-7,12H,3,8-11,13H2,(H,21,24)(H,22,25). The summed E-state index contributed by atoms with van der Waals surface area (Å²) in [5, 5.41) is 7.40. The predicted molar refractivity (Wildman–Crippen MR) is 105 cm³/mol. The van der Waals surface area contributed by atoms with Crippen LogP contribution >= 0.6 is 11.3 Å². The quantitative estimate of drug-likeness (QED) is 0.495. The highest BCUT2D eigenvalue weighted by Crippen LogP contribution is 2.22. The zero-order valence-corrected chi connectivity index (χ0v) is 16.1. The van der Waals surface area contributed by atoms with Gasteiger partial charge in [-0.25, -0.2) is 0 Å². The van der Waals surface area contributed by atoms with Crippen LogP contribution in [0.3, 0.4) is 0 Å². The minimum Gasteiger partial charge on any atom is -0.354 e. The smallest absolute Gasteiger partial charge is 0.261 e. The topological polar surface area (TPSA) is 95.6 Å². The molecule has 1 aromatic carbocycles. The van der Waals surface area contributed by atoms with Gasteiger partial charge in [-0.2, -0.15) is 0 Å². The van der Waals surface area contributed by atoms with Gasteiger partial charge in [-0.1, -0.05) is 18.2 Å². The second kappa shape index (κ2) is 9.27. The van der Waals surface area contributed by atoms with Gasteiger partial charge in [0, 0.05) is 30.9 Å². The van der Waals surface area contributed by atoms with Crippen molar-refractivity contribution in [2.24, 2.45) is 0 Å². The van der Waals surface area contributed by atoms with Crippen LogP contribution in [0.4, 0.5) is 0 Å². The van der Waals surface area contributed by atoms with Crippen molar-refractivity contribution in [1.29, 1.82) is 0 Å². The third-order valence-electron chi connectivity index (χ3n) is 4.35. The van der Waals surface area contributed by atoms with Crippen molar-refractivity contribution in [3.8, 4) is 0 Å². The lowest BCUT2D eigenvalue weighted by molar-refractivity contribution is -0.122. The number of benzene rings is 1. The summed E-state index contributed by atoms with van der Waals surface area (Å²) in [6, 6.07) is 10.5. The Morgan fingerprint density at radius 2 is 1.54 bits per heavy atom. The highest BCUT2D eigenvalue weighted by molar-refractivity contribution is 7.10. The van der Waals surface area contributed by atoms with E-state index in [1.165, 1.54) is 16.2 Å². The van der Waals surface area contributed by atoms with E-state index in [0.717, 1.165) is 4.88 Å². The third-order valence-corrected chi connectivity index (χ3v) is 5.22. The zero-order chi connectivity index (χ0) is 19.9. The van der Waals surface area contributed by atoms with E-state index in [1.54, 1.807) is 24.3 Å². The zero-order valence-electron chi connectivity index (χ0n) is 15.3. The SMILES string of the molecule is O=C(CCCN1C(=O)c2ccccc2C1=O)NCCNC(=O)Cc1cccs1. The summed E-state index contributed by atoms with van der Waals surface area (Å²) in [4.78, 5) is 50.3. The number of amides is 4. The molecule has 2 heterocycles. The lowest BCUT2D eigenvalue weighted by Crippen LogP contribution is -2.36. The van der Waals surface area contributed by atoms with Crippen LogP contribution in [0.25, 0.3) is 0 Å². The fraction of sp³-hybridized carbons (Fsp3) is 0.300. The Hall–Kier alpha value is -3.00. The summed E-state index contributed by atoms with van der Waals surface area (Å²) in [6.07, 6.45) is 0.935. The molecule has 7 nitrogen and oxygen atoms in total. The first-order chi connectivity index (χ1) is 13.6. The van der Waals surface area contributed by atoms with Gasteiger partial charge in [-0.3, -0.25) is 24.1 Å². The molecule has 1 aliphatic rings. The van der Waals surface area contributed by atoms with Crippen LogP contribution in [0.5, 0.6) is 0 Å². The Kier molecular flexibility index (Phi) is 6.54. The van der Waals surface area contributed by atoms with Gasteiger partial charge >= 0.3 is 0 Å². The molecule has 0 atom stereocenters. The van der Waals surface area contributed by atoms with Crippen LogP contribution in [-0.4, -0.2) is 48.2 Å². The number of hydrogen-bond acceptors (Lipinski definition) is 5. The van der Waals surface area contributed by atoms with Gasteiger partial charge in [0.2, 0.25) is 11.8 Å². The van der Waals surface area contributed by atoms with Crippen molar-refractivity contribution in [3.63, 3.8) is 0 Å². The first kappa shape index (κ1) is 19.8. The maximum Gasteiger partial charge on any atom is 0.261 e. The summed E-state index contributed by atoms with van der Waals surface area (Å²) >= 11 is 1.53. The van der Waals surface area contributed by atoms with Crippen LogP contribution in [-0.2, 0) is 16.0 Å². The van der Waals surface area contributed by atoms with Crippen LogP contribution in [0, 0.1) is 0 Å². The van der Waals surface area contributed by atoms with Gasteiger partial charge in [0.25, 0.3) is 11.8 Å². The van der Waals surface area contributed by atoms with Gasteiger partial charge < -0.3 is 10.6 Å². The summed E-state index contributed by atoms with van der Waals surface area (Å²) < 4.78 is 0. The van der Waals surface area contributed by atoms with Crippen LogP contribution < -0.4 is 10.6 Å². The molecule has 2 N–H and O–H groups in total. The van der Waals surface area contributed by atoms with E-state index in [0.29, 0.717) is 37.1 Å². The van der Waals surface area contributed by atoms with Gasteiger partial charge in [0.1, 0.15) is 0 Å². The number of nitrogens with one attached hydrogen (secondary N) is 2. The number of carbonyl (C=O) groups is 4. The molecule has 0 spiro atoms. The van der Waals surface area contributed by atoms with Gasteiger partial charge in [0.15, 0.2) is 0 Å². The number of carbonyl (C=O) groups excluding carboxylic acids is 4. The molecule has 28 heavy (non-hydrogen) atoms. The molecule has 3 rings (SSSR count). The Morgan fingerprint density at radius 3 is 2.14 bits per heavy atom. The highest BCUT2D eigenvalue weighted by atomic mass is 32.1. The molecule has 0 radical (unpaired) electrons. The maximum absolute atomic E-state index is 12.2. The number of rotatable bonds is 9. The fourth-order valence-corrected chi connectivity index (χ4v) is 3.67. The minimum atomic E-state index is -0.311. The van der Waals surface area contributed by atoms with Gasteiger partial charge in [0.05, 0.1) is 17.5 Å². The molecule has 0 saturated heterocycles. The Bertz CT molecular complexity index is 844. The number of imide groups is 1. The number of fused-ring (bicyclic) bond motifs is 1. The van der Waals surface area contributed by atoms with E-state index >= 15 is 0 Å². The molecule has 1 aromatic heterocycles. The second-order valence-corrected chi connectivity index (χ2v) is 7.40. The lowest BCUT2D eigenvalue weighted by Gasteiger charge is -2.13. The number of hydrogen-bond donors (Lipinski definition) is 2. The molecule has 0 saturated carbocycles. The summed E-state index contributed by atoms with van der Waals surface area (Å²) in [5.74, 6) is -0.879. The maximum atomic E-state index is 12.2. The van der Waals surface area contributed by atoms with Crippen molar-refractivity contribution < 1.29 is 19.2 Å². The first-order valence-electron chi connectivity index (χ1n) is 9.07. The minimum absolute atomic E-state index is 0.0812. The normalized spacial score (nSPS) is 12.8. The van der Waals surface area contributed by atoms with Gasteiger partial charge in [-0.15, -0.1) is 11.3 Å². The lowest BCUT2D eigenvalue weighted by atomic mass is 10.1. The van der Waals surface area contributed by atoms with Gasteiger partial charge in [-0.05, 0) is 30.0 Å². The first-order valence-corrected chi connectivity index (χ1v) is 9.95. The summed E-state index contributed by atoms with van der Waals surface area (Å²) in [6.45, 7) is 0.897. The predicted octanol–water partition coefficient (Wildman–Crippen LogP) is 1.60. The fourth-order valence-electron chi connectivity index (χ4n) is 2.97.